The van der Waals surface area contributed by atoms with Gasteiger partial charge in [0.2, 0.25) is 5.78 Å². The number of hydrogen-bond acceptors (Lipinski definition) is 3. The van der Waals surface area contributed by atoms with E-state index in [0.717, 1.165) is 11.3 Å². The molecule has 0 fully saturated rings. The van der Waals surface area contributed by atoms with E-state index < -0.39 is 0 Å². The van der Waals surface area contributed by atoms with Gasteiger partial charge in [0.25, 0.3) is 5.56 Å². The minimum absolute atomic E-state index is 0.245. The van der Waals surface area contributed by atoms with E-state index in [1.54, 1.807) is 17.5 Å². The molecule has 0 aliphatic rings. The molecule has 4 aromatic rings. The second kappa shape index (κ2) is 6.42. The van der Waals surface area contributed by atoms with Crippen molar-refractivity contribution < 1.29 is 0 Å². The van der Waals surface area contributed by atoms with E-state index >= 15 is 0 Å². The van der Waals surface area contributed by atoms with Gasteiger partial charge in [-0.2, -0.15) is 4.98 Å². The van der Waals surface area contributed by atoms with Gasteiger partial charge in [0.05, 0.1) is 6.54 Å². The highest BCUT2D eigenvalue weighted by Gasteiger charge is 2.19. The summed E-state index contributed by atoms with van der Waals surface area (Å²) in [5.41, 5.74) is 2.28. The molecule has 3 aromatic heterocycles. The minimum atomic E-state index is -0.363. The summed E-state index contributed by atoms with van der Waals surface area (Å²) in [6, 6.07) is 10.1. The summed E-state index contributed by atoms with van der Waals surface area (Å²) in [5.74, 6) is 0.655. The first-order chi connectivity index (χ1) is 13.0. The van der Waals surface area contributed by atoms with E-state index in [1.165, 1.54) is 9.13 Å². The Kier molecular flexibility index (Phi) is 4.07. The molecule has 7 nitrogen and oxygen atoms in total. The summed E-state index contributed by atoms with van der Waals surface area (Å²) in [7, 11) is 1.65. The highest BCUT2D eigenvalue weighted by atomic mass is 16.2. The number of benzene rings is 1. The van der Waals surface area contributed by atoms with Crippen molar-refractivity contribution in [3.05, 3.63) is 80.8 Å². The fraction of sp³-hybridized carbons (Fsp3) is 0.250. The Morgan fingerprint density at radius 2 is 1.85 bits per heavy atom. The number of imidazole rings is 2. The van der Waals surface area contributed by atoms with Gasteiger partial charge in [-0.15, -0.1) is 0 Å². The van der Waals surface area contributed by atoms with Crippen molar-refractivity contribution in [1.29, 1.82) is 0 Å². The Hall–Kier alpha value is -3.35. The Morgan fingerprint density at radius 1 is 1.11 bits per heavy atom. The number of fused-ring (bicyclic) bond motifs is 3. The average molecular weight is 363 g/mol. The monoisotopic (exact) mass is 363 g/mol. The second-order valence-corrected chi connectivity index (χ2v) is 6.62. The fourth-order valence-corrected chi connectivity index (χ4v) is 3.39. The molecule has 0 bridgehead atoms. The molecule has 0 aliphatic carbocycles. The lowest BCUT2D eigenvalue weighted by Crippen LogP contribution is -2.39. The first-order valence-electron chi connectivity index (χ1n) is 8.85. The summed E-state index contributed by atoms with van der Waals surface area (Å²) in [6.45, 7) is 4.74. The van der Waals surface area contributed by atoms with Crippen molar-refractivity contribution in [2.24, 2.45) is 7.05 Å². The molecule has 0 radical (unpaired) electrons. The first kappa shape index (κ1) is 17.1. The van der Waals surface area contributed by atoms with Gasteiger partial charge >= 0.3 is 5.69 Å². The van der Waals surface area contributed by atoms with Crippen LogP contribution in [-0.2, 0) is 20.1 Å². The van der Waals surface area contributed by atoms with Crippen LogP contribution in [0.4, 0.5) is 0 Å². The van der Waals surface area contributed by atoms with Crippen LogP contribution in [0.2, 0.25) is 0 Å². The van der Waals surface area contributed by atoms with Gasteiger partial charge in [0.15, 0.2) is 11.2 Å². The van der Waals surface area contributed by atoms with Crippen LogP contribution in [0.25, 0.3) is 16.9 Å². The molecule has 1 aromatic carbocycles. The molecule has 0 atom stereocenters. The van der Waals surface area contributed by atoms with E-state index in [4.69, 9.17) is 0 Å². The largest absolute Gasteiger partial charge is 0.332 e. The first-order valence-corrected chi connectivity index (χ1v) is 8.85. The Balaban J connectivity index is 2.00. The number of rotatable bonds is 4. The van der Waals surface area contributed by atoms with Gasteiger partial charge < -0.3 is 4.57 Å². The Bertz CT molecular complexity index is 1290. The van der Waals surface area contributed by atoms with Crippen LogP contribution in [0.15, 0.2) is 58.3 Å². The van der Waals surface area contributed by atoms with Crippen LogP contribution in [0.1, 0.15) is 18.2 Å². The third-order valence-corrected chi connectivity index (χ3v) is 4.85. The molecule has 0 amide bonds. The van der Waals surface area contributed by atoms with E-state index in [-0.39, 0.29) is 17.8 Å². The van der Waals surface area contributed by atoms with Crippen LogP contribution >= 0.6 is 0 Å². The molecule has 0 saturated heterocycles. The second-order valence-electron chi connectivity index (χ2n) is 6.62. The van der Waals surface area contributed by atoms with Crippen LogP contribution < -0.4 is 11.2 Å². The van der Waals surface area contributed by atoms with Crippen molar-refractivity contribution in [2.75, 3.05) is 0 Å². The Morgan fingerprint density at radius 3 is 2.56 bits per heavy atom. The number of hydrogen-bond donors (Lipinski definition) is 0. The van der Waals surface area contributed by atoms with Crippen molar-refractivity contribution in [1.82, 2.24) is 23.1 Å². The van der Waals surface area contributed by atoms with E-state index in [0.29, 0.717) is 23.5 Å². The van der Waals surface area contributed by atoms with Gasteiger partial charge in [-0.05, 0) is 19.4 Å². The normalized spacial score (nSPS) is 12.0. The molecular weight excluding hydrogens is 342 g/mol. The maximum absolute atomic E-state index is 13.0. The zero-order valence-electron chi connectivity index (χ0n) is 15.6. The van der Waals surface area contributed by atoms with Crippen LogP contribution in [-0.4, -0.2) is 23.1 Å². The molecule has 27 heavy (non-hydrogen) atoms. The average Bonchev–Trinajstić information content (AvgIpc) is 3.17. The molecule has 0 saturated carbocycles. The van der Waals surface area contributed by atoms with Crippen LogP contribution in [0, 0.1) is 6.92 Å². The van der Waals surface area contributed by atoms with Gasteiger partial charge in [0, 0.05) is 25.5 Å². The standard InChI is InChI=1S/C20H21N5O2/c1-4-5-11-23-18(26)16-17(22(3)20(23)27)21-19-24(14(2)12-25(16)19)13-15-9-7-6-8-10-15/h4-10,12H,11,13H2,1-3H3/b5-4+. The lowest BCUT2D eigenvalue weighted by atomic mass is 10.2. The smallest absolute Gasteiger partial charge is 0.310 e. The fourth-order valence-electron chi connectivity index (χ4n) is 3.39. The maximum atomic E-state index is 13.0. The van der Waals surface area contributed by atoms with Crippen molar-refractivity contribution in [3.63, 3.8) is 0 Å². The third-order valence-electron chi connectivity index (χ3n) is 4.85. The lowest BCUT2D eigenvalue weighted by Gasteiger charge is -2.06. The van der Waals surface area contributed by atoms with Crippen LogP contribution in [0.5, 0.6) is 0 Å². The topological polar surface area (TPSA) is 66.2 Å². The van der Waals surface area contributed by atoms with Crippen molar-refractivity contribution in [2.45, 2.75) is 26.9 Å². The molecule has 0 unspecified atom stereocenters. The molecule has 4 rings (SSSR count). The molecule has 138 valence electrons. The SMILES string of the molecule is C/C=C/Cn1c(=O)c2c(nc3n(Cc4ccccc4)c(C)cn23)n(C)c1=O. The van der Waals surface area contributed by atoms with E-state index in [1.807, 2.05) is 44.3 Å². The summed E-state index contributed by atoms with van der Waals surface area (Å²) >= 11 is 0. The molecule has 0 spiro atoms. The van der Waals surface area contributed by atoms with Gasteiger partial charge in [-0.25, -0.2) is 4.79 Å². The number of nitrogens with zero attached hydrogens (tertiary/aromatic N) is 5. The number of aryl methyl sites for hydroxylation is 2. The number of aromatic nitrogens is 5. The van der Waals surface area contributed by atoms with Crippen LogP contribution in [0.3, 0.4) is 0 Å². The van der Waals surface area contributed by atoms with Crippen molar-refractivity contribution >= 4 is 16.9 Å². The molecule has 0 aliphatic heterocycles. The highest BCUT2D eigenvalue weighted by Crippen LogP contribution is 2.17. The molecule has 0 N–H and O–H groups in total. The quantitative estimate of drug-likeness (QED) is 0.522. The van der Waals surface area contributed by atoms with Crippen molar-refractivity contribution in [3.8, 4) is 0 Å². The zero-order valence-corrected chi connectivity index (χ0v) is 15.6. The third kappa shape index (κ3) is 2.63. The van der Waals surface area contributed by atoms with Gasteiger partial charge in [-0.3, -0.25) is 18.3 Å². The summed E-state index contributed by atoms with van der Waals surface area (Å²) in [4.78, 5) is 30.2. The molecular formula is C20H21N5O2. The minimum Gasteiger partial charge on any atom is -0.310 e. The summed E-state index contributed by atoms with van der Waals surface area (Å²) < 4.78 is 6.52. The Labute approximate surface area is 155 Å². The van der Waals surface area contributed by atoms with E-state index in [9.17, 15) is 9.59 Å². The predicted molar refractivity (Wildman–Crippen MR) is 105 cm³/mol. The van der Waals surface area contributed by atoms with E-state index in [2.05, 4.69) is 21.7 Å². The van der Waals surface area contributed by atoms with Gasteiger partial charge in [0.1, 0.15) is 0 Å². The summed E-state index contributed by atoms with van der Waals surface area (Å²) in [6.07, 6.45) is 5.51. The molecule has 7 heteroatoms. The molecule has 3 heterocycles. The zero-order chi connectivity index (χ0) is 19.1. The van der Waals surface area contributed by atoms with Gasteiger partial charge in [-0.1, -0.05) is 42.5 Å². The summed E-state index contributed by atoms with van der Waals surface area (Å²) in [5, 5.41) is 0. The lowest BCUT2D eigenvalue weighted by molar-refractivity contribution is 0.666. The highest BCUT2D eigenvalue weighted by molar-refractivity contribution is 5.75. The predicted octanol–water partition coefficient (Wildman–Crippen LogP) is 2.08. The maximum Gasteiger partial charge on any atom is 0.332 e. The number of allylic oxidation sites excluding steroid dienone is 2.